The van der Waals surface area contributed by atoms with Gasteiger partial charge in [-0.2, -0.15) is 18.3 Å². The van der Waals surface area contributed by atoms with Gasteiger partial charge in [-0.3, -0.25) is 9.36 Å². The molecule has 2 aromatic heterocycles. The highest BCUT2D eigenvalue weighted by Crippen LogP contribution is 2.30. The molecule has 1 aliphatic rings. The number of carbonyl (C=O) groups excluding carboxylic acids is 1. The van der Waals surface area contributed by atoms with Crippen molar-refractivity contribution in [3.63, 3.8) is 0 Å². The third-order valence-electron chi connectivity index (χ3n) is 4.15. The lowest BCUT2D eigenvalue weighted by atomic mass is 9.99. The van der Waals surface area contributed by atoms with Crippen molar-refractivity contribution in [2.75, 3.05) is 6.54 Å². The average Bonchev–Trinajstić information content (AvgIpc) is 3.11. The lowest BCUT2D eigenvalue weighted by molar-refractivity contribution is -0.141. The summed E-state index contributed by atoms with van der Waals surface area (Å²) in [5.74, 6) is 0.0512. The van der Waals surface area contributed by atoms with Crippen LogP contribution in [0.3, 0.4) is 0 Å². The zero-order valence-electron chi connectivity index (χ0n) is 13.5. The van der Waals surface area contributed by atoms with Crippen molar-refractivity contribution < 1.29 is 18.0 Å². The normalized spacial score (nSPS) is 17.4. The van der Waals surface area contributed by atoms with Crippen LogP contribution in [0.1, 0.15) is 17.9 Å². The molecule has 0 bridgehead atoms. The summed E-state index contributed by atoms with van der Waals surface area (Å²) >= 11 is 0. The van der Waals surface area contributed by atoms with Gasteiger partial charge in [0.15, 0.2) is 5.69 Å². The van der Waals surface area contributed by atoms with Gasteiger partial charge >= 0.3 is 11.9 Å². The van der Waals surface area contributed by atoms with E-state index in [1.54, 1.807) is 0 Å². The van der Waals surface area contributed by atoms with Crippen LogP contribution in [0.5, 0.6) is 0 Å². The molecule has 25 heavy (non-hydrogen) atoms. The third kappa shape index (κ3) is 3.74. The Morgan fingerprint density at radius 3 is 2.84 bits per heavy atom. The Labute approximate surface area is 140 Å². The van der Waals surface area contributed by atoms with Gasteiger partial charge in [-0.15, -0.1) is 0 Å². The number of rotatable bonds is 4. The van der Waals surface area contributed by atoms with Crippen molar-refractivity contribution in [3.8, 4) is 0 Å². The van der Waals surface area contributed by atoms with Crippen LogP contribution >= 0.6 is 0 Å². The minimum atomic E-state index is -4.45. The summed E-state index contributed by atoms with van der Waals surface area (Å²) in [6.45, 7) is 0.489. The van der Waals surface area contributed by atoms with Crippen molar-refractivity contribution in [1.29, 1.82) is 0 Å². The minimum absolute atomic E-state index is 0.00666. The van der Waals surface area contributed by atoms with Gasteiger partial charge in [-0.05, 0) is 12.3 Å². The molecule has 11 heteroatoms. The largest absolute Gasteiger partial charge is 0.434 e. The van der Waals surface area contributed by atoms with E-state index in [9.17, 15) is 22.8 Å². The van der Waals surface area contributed by atoms with Crippen LogP contribution in [0.25, 0.3) is 0 Å². The first kappa shape index (κ1) is 17.2. The fraction of sp³-hybridized carbons (Fsp3) is 0.571. The summed E-state index contributed by atoms with van der Waals surface area (Å²) < 4.78 is 41.9. The van der Waals surface area contributed by atoms with Gasteiger partial charge in [-0.25, -0.2) is 14.5 Å². The average molecular weight is 358 g/mol. The van der Waals surface area contributed by atoms with E-state index in [4.69, 9.17) is 0 Å². The smallest absolute Gasteiger partial charge is 0.354 e. The molecular formula is C14H17F3N6O2. The molecule has 1 amide bonds. The molecule has 0 saturated heterocycles. The summed E-state index contributed by atoms with van der Waals surface area (Å²) in [7, 11) is 1.53. The molecule has 0 unspecified atom stereocenters. The molecule has 1 N–H and O–H groups in total. The van der Waals surface area contributed by atoms with E-state index >= 15 is 0 Å². The topological polar surface area (TPSA) is 86.7 Å². The lowest BCUT2D eigenvalue weighted by Gasteiger charge is -2.23. The molecule has 0 aromatic carbocycles. The van der Waals surface area contributed by atoms with Crippen molar-refractivity contribution in [2.45, 2.75) is 32.1 Å². The second kappa shape index (κ2) is 6.37. The van der Waals surface area contributed by atoms with Gasteiger partial charge in [0.25, 0.3) is 0 Å². The van der Waals surface area contributed by atoms with Gasteiger partial charge in [-0.1, -0.05) is 0 Å². The molecule has 3 rings (SSSR count). The summed E-state index contributed by atoms with van der Waals surface area (Å²) in [6.07, 6.45) is -1.06. The first-order valence-electron chi connectivity index (χ1n) is 7.72. The number of hydrogen-bond donors (Lipinski definition) is 1. The highest BCUT2D eigenvalue weighted by Gasteiger charge is 2.35. The predicted molar refractivity (Wildman–Crippen MR) is 79.5 cm³/mol. The van der Waals surface area contributed by atoms with Crippen LogP contribution in [0.4, 0.5) is 13.2 Å². The Kier molecular flexibility index (Phi) is 4.39. The van der Waals surface area contributed by atoms with Gasteiger partial charge in [0, 0.05) is 32.8 Å². The lowest BCUT2D eigenvalue weighted by Crippen LogP contribution is -2.37. The predicted octanol–water partition coefficient (Wildman–Crippen LogP) is 0.176. The fourth-order valence-corrected chi connectivity index (χ4v) is 2.80. The van der Waals surface area contributed by atoms with E-state index < -0.39 is 17.6 Å². The third-order valence-corrected chi connectivity index (χ3v) is 4.15. The monoisotopic (exact) mass is 358 g/mol. The summed E-state index contributed by atoms with van der Waals surface area (Å²) in [5.41, 5.74) is -1.28. The molecule has 3 heterocycles. The number of aryl methyl sites for hydroxylation is 2. The number of halogens is 3. The number of fused-ring (bicyclic) bond motifs is 1. The first-order chi connectivity index (χ1) is 11.7. The standard InChI is InChI=1S/C14H17F3N6O2/c1-21-8-19-23(13(21)25)7-12(24)18-4-9-2-3-11-20-10(14(15,16)17)6-22(11)5-9/h6,8-9H,2-5,7H2,1H3,(H,18,24)/t9-/m1/s1. The summed E-state index contributed by atoms with van der Waals surface area (Å²) in [5, 5.41) is 6.49. The number of amides is 1. The molecule has 0 spiro atoms. The zero-order valence-corrected chi connectivity index (χ0v) is 13.5. The van der Waals surface area contributed by atoms with Crippen LogP contribution in [0.2, 0.25) is 0 Å². The van der Waals surface area contributed by atoms with E-state index in [1.165, 1.54) is 22.5 Å². The van der Waals surface area contributed by atoms with Crippen LogP contribution in [-0.2, 0) is 37.5 Å². The van der Waals surface area contributed by atoms with Crippen LogP contribution in [-0.4, -0.2) is 36.4 Å². The van der Waals surface area contributed by atoms with Crippen LogP contribution in [0.15, 0.2) is 17.3 Å². The van der Waals surface area contributed by atoms with Gasteiger partial charge in [0.2, 0.25) is 5.91 Å². The van der Waals surface area contributed by atoms with Crippen molar-refractivity contribution >= 4 is 5.91 Å². The maximum Gasteiger partial charge on any atom is 0.434 e. The van der Waals surface area contributed by atoms with E-state index in [1.807, 2.05) is 0 Å². The molecule has 0 fully saturated rings. The number of alkyl halides is 3. The van der Waals surface area contributed by atoms with E-state index in [-0.39, 0.29) is 18.4 Å². The zero-order chi connectivity index (χ0) is 18.2. The van der Waals surface area contributed by atoms with Crippen LogP contribution < -0.4 is 11.0 Å². The van der Waals surface area contributed by atoms with E-state index in [2.05, 4.69) is 15.4 Å². The van der Waals surface area contributed by atoms with Crippen molar-refractivity contribution in [3.05, 3.63) is 34.5 Å². The Hall–Kier alpha value is -2.59. The highest BCUT2D eigenvalue weighted by molar-refractivity contribution is 5.75. The molecular weight excluding hydrogens is 341 g/mol. The number of nitrogens with zero attached hydrogens (tertiary/aromatic N) is 5. The van der Waals surface area contributed by atoms with Gasteiger partial charge in [0.05, 0.1) is 0 Å². The maximum absolute atomic E-state index is 12.7. The number of imidazole rings is 1. The minimum Gasteiger partial charge on any atom is -0.354 e. The molecule has 1 atom stereocenters. The molecule has 136 valence electrons. The number of aromatic nitrogens is 5. The Morgan fingerprint density at radius 1 is 1.44 bits per heavy atom. The second-order valence-electron chi connectivity index (χ2n) is 6.08. The SMILES string of the molecule is Cn1cnn(CC(=O)NC[C@H]2CCc3nc(C(F)(F)F)cn3C2)c1=O. The molecule has 8 nitrogen and oxygen atoms in total. The molecule has 0 aliphatic carbocycles. The molecule has 2 aromatic rings. The van der Waals surface area contributed by atoms with Gasteiger partial charge in [0.1, 0.15) is 18.7 Å². The first-order valence-corrected chi connectivity index (χ1v) is 7.72. The van der Waals surface area contributed by atoms with Crippen LogP contribution in [0, 0.1) is 5.92 Å². The summed E-state index contributed by atoms with van der Waals surface area (Å²) in [6, 6.07) is 0. The number of hydrogen-bond acceptors (Lipinski definition) is 4. The van der Waals surface area contributed by atoms with E-state index in [0.717, 1.165) is 10.9 Å². The maximum atomic E-state index is 12.7. The fourth-order valence-electron chi connectivity index (χ4n) is 2.80. The Bertz CT molecular complexity index is 834. The summed E-state index contributed by atoms with van der Waals surface area (Å²) in [4.78, 5) is 27.1. The molecule has 1 aliphatic heterocycles. The second-order valence-corrected chi connectivity index (χ2v) is 6.08. The van der Waals surface area contributed by atoms with Gasteiger partial charge < -0.3 is 9.88 Å². The Balaban J connectivity index is 1.55. The van der Waals surface area contributed by atoms with Crippen molar-refractivity contribution in [2.24, 2.45) is 13.0 Å². The Morgan fingerprint density at radius 2 is 2.20 bits per heavy atom. The highest BCUT2D eigenvalue weighted by atomic mass is 19.4. The number of nitrogens with one attached hydrogen (secondary N) is 1. The molecule has 0 saturated carbocycles. The van der Waals surface area contributed by atoms with Crippen molar-refractivity contribution in [1.82, 2.24) is 29.2 Å². The quantitative estimate of drug-likeness (QED) is 0.845. The van der Waals surface area contributed by atoms with E-state index in [0.29, 0.717) is 31.8 Å². The molecule has 0 radical (unpaired) electrons. The number of carbonyl (C=O) groups is 1.